The molecule has 2 heterocycles. The van der Waals surface area contributed by atoms with Crippen molar-refractivity contribution in [2.24, 2.45) is 0 Å². The zero-order valence-corrected chi connectivity index (χ0v) is 13.7. The van der Waals surface area contributed by atoms with Gasteiger partial charge in [0.2, 0.25) is 0 Å². The van der Waals surface area contributed by atoms with Crippen molar-refractivity contribution in [1.29, 1.82) is 0 Å². The van der Waals surface area contributed by atoms with Crippen LogP contribution < -0.4 is 10.2 Å². The Bertz CT molecular complexity index is 753. The Morgan fingerprint density at radius 3 is 2.95 bits per heavy atom. The van der Waals surface area contributed by atoms with E-state index in [-0.39, 0.29) is 0 Å². The van der Waals surface area contributed by atoms with Crippen molar-refractivity contribution in [3.8, 4) is 0 Å². The molecule has 2 aromatic heterocycles. The topological polar surface area (TPSA) is 41.0 Å². The van der Waals surface area contributed by atoms with Crippen molar-refractivity contribution in [2.75, 3.05) is 29.9 Å². The maximum absolute atomic E-state index is 4.35. The lowest BCUT2D eigenvalue weighted by molar-refractivity contribution is 0.833. The molecular weight excluding hydrogens is 292 g/mol. The SMILES string of the molecule is CCN(CCNc1ncnc2sccc12)c1cccc(C)c1. The quantitative estimate of drug-likeness (QED) is 0.748. The van der Waals surface area contributed by atoms with E-state index in [4.69, 9.17) is 0 Å². The summed E-state index contributed by atoms with van der Waals surface area (Å²) in [5.74, 6) is 0.923. The first-order valence-corrected chi connectivity index (χ1v) is 8.39. The minimum atomic E-state index is 0.851. The first kappa shape index (κ1) is 14.8. The molecule has 0 bridgehead atoms. The molecule has 1 aromatic carbocycles. The molecule has 5 heteroatoms. The number of hydrogen-bond donors (Lipinski definition) is 1. The number of thiophene rings is 1. The van der Waals surface area contributed by atoms with E-state index >= 15 is 0 Å². The predicted octanol–water partition coefficient (Wildman–Crippen LogP) is 3.94. The molecule has 0 amide bonds. The number of anilines is 2. The van der Waals surface area contributed by atoms with Gasteiger partial charge in [0.15, 0.2) is 0 Å². The third-order valence-electron chi connectivity index (χ3n) is 3.68. The van der Waals surface area contributed by atoms with Crippen molar-refractivity contribution in [1.82, 2.24) is 9.97 Å². The molecule has 3 aromatic rings. The van der Waals surface area contributed by atoms with E-state index in [1.54, 1.807) is 17.7 Å². The first-order chi connectivity index (χ1) is 10.8. The lowest BCUT2D eigenvalue weighted by Gasteiger charge is -2.23. The van der Waals surface area contributed by atoms with Crippen LogP contribution in [0.25, 0.3) is 10.2 Å². The molecule has 114 valence electrons. The van der Waals surface area contributed by atoms with Crippen LogP contribution in [0.4, 0.5) is 11.5 Å². The molecular formula is C17H20N4S. The fourth-order valence-corrected chi connectivity index (χ4v) is 3.27. The van der Waals surface area contributed by atoms with E-state index < -0.39 is 0 Å². The Balaban J connectivity index is 1.65. The minimum Gasteiger partial charge on any atom is -0.370 e. The number of nitrogens with one attached hydrogen (secondary N) is 1. The van der Waals surface area contributed by atoms with E-state index in [1.165, 1.54) is 11.3 Å². The second kappa shape index (κ2) is 6.75. The molecule has 4 nitrogen and oxygen atoms in total. The number of benzene rings is 1. The number of hydrogen-bond acceptors (Lipinski definition) is 5. The van der Waals surface area contributed by atoms with Crippen LogP contribution >= 0.6 is 11.3 Å². The molecule has 0 aliphatic heterocycles. The van der Waals surface area contributed by atoms with Crippen LogP contribution in [0.1, 0.15) is 12.5 Å². The Kier molecular flexibility index (Phi) is 4.53. The number of rotatable bonds is 6. The minimum absolute atomic E-state index is 0.851. The molecule has 3 rings (SSSR count). The van der Waals surface area contributed by atoms with Crippen LogP contribution in [-0.2, 0) is 0 Å². The van der Waals surface area contributed by atoms with E-state index in [0.717, 1.165) is 35.7 Å². The van der Waals surface area contributed by atoms with Crippen LogP contribution in [0.3, 0.4) is 0 Å². The van der Waals surface area contributed by atoms with Gasteiger partial charge in [-0.1, -0.05) is 12.1 Å². The molecule has 0 atom stereocenters. The van der Waals surface area contributed by atoms with Gasteiger partial charge in [-0.25, -0.2) is 9.97 Å². The maximum atomic E-state index is 4.35. The summed E-state index contributed by atoms with van der Waals surface area (Å²) in [5.41, 5.74) is 2.56. The third-order valence-corrected chi connectivity index (χ3v) is 4.51. The van der Waals surface area contributed by atoms with Gasteiger partial charge < -0.3 is 10.2 Å². The summed E-state index contributed by atoms with van der Waals surface area (Å²) in [6, 6.07) is 10.7. The summed E-state index contributed by atoms with van der Waals surface area (Å²) in [6.07, 6.45) is 1.62. The third kappa shape index (κ3) is 3.20. The van der Waals surface area contributed by atoms with E-state index in [0.29, 0.717) is 0 Å². The van der Waals surface area contributed by atoms with E-state index in [9.17, 15) is 0 Å². The van der Waals surface area contributed by atoms with Gasteiger partial charge in [-0.05, 0) is 43.0 Å². The molecule has 0 aliphatic rings. The van der Waals surface area contributed by atoms with Crippen LogP contribution in [0.5, 0.6) is 0 Å². The summed E-state index contributed by atoms with van der Waals surface area (Å²) >= 11 is 1.64. The van der Waals surface area contributed by atoms with Gasteiger partial charge in [-0.15, -0.1) is 11.3 Å². The van der Waals surface area contributed by atoms with Crippen LogP contribution in [-0.4, -0.2) is 29.6 Å². The summed E-state index contributed by atoms with van der Waals surface area (Å²) in [4.78, 5) is 12.0. The Morgan fingerprint density at radius 2 is 2.14 bits per heavy atom. The lowest BCUT2D eigenvalue weighted by Crippen LogP contribution is -2.29. The second-order valence-corrected chi connectivity index (χ2v) is 6.10. The largest absolute Gasteiger partial charge is 0.370 e. The highest BCUT2D eigenvalue weighted by Gasteiger charge is 2.06. The highest BCUT2D eigenvalue weighted by molar-refractivity contribution is 7.16. The highest BCUT2D eigenvalue weighted by atomic mass is 32.1. The molecule has 0 saturated carbocycles. The highest BCUT2D eigenvalue weighted by Crippen LogP contribution is 2.23. The standard InChI is InChI=1S/C17H20N4S/c1-3-21(14-6-4-5-13(2)11-14)9-8-18-16-15-7-10-22-17(15)20-12-19-16/h4-7,10-12H,3,8-9H2,1-2H3,(H,18,19,20). The number of aromatic nitrogens is 2. The van der Waals surface area contributed by atoms with E-state index in [1.807, 2.05) is 0 Å². The normalized spacial score (nSPS) is 10.8. The van der Waals surface area contributed by atoms with Gasteiger partial charge in [0.25, 0.3) is 0 Å². The first-order valence-electron chi connectivity index (χ1n) is 7.51. The lowest BCUT2D eigenvalue weighted by atomic mass is 10.2. The summed E-state index contributed by atoms with van der Waals surface area (Å²) in [6.45, 7) is 7.09. The number of aryl methyl sites for hydroxylation is 1. The zero-order valence-electron chi connectivity index (χ0n) is 12.9. The monoisotopic (exact) mass is 312 g/mol. The second-order valence-electron chi connectivity index (χ2n) is 5.21. The maximum Gasteiger partial charge on any atom is 0.138 e. The molecule has 1 N–H and O–H groups in total. The van der Waals surface area contributed by atoms with Crippen molar-refractivity contribution in [3.05, 3.63) is 47.6 Å². The fraction of sp³-hybridized carbons (Fsp3) is 0.294. The number of fused-ring (bicyclic) bond motifs is 1. The average Bonchev–Trinajstić information content (AvgIpc) is 3.01. The van der Waals surface area contributed by atoms with Crippen molar-refractivity contribution >= 4 is 33.1 Å². The molecule has 0 unspecified atom stereocenters. The fourth-order valence-electron chi connectivity index (χ4n) is 2.53. The van der Waals surface area contributed by atoms with Crippen LogP contribution in [0, 0.1) is 6.92 Å². The van der Waals surface area contributed by atoms with Gasteiger partial charge in [-0.3, -0.25) is 0 Å². The molecule has 0 fully saturated rings. The zero-order chi connectivity index (χ0) is 15.4. The van der Waals surface area contributed by atoms with Crippen molar-refractivity contribution in [2.45, 2.75) is 13.8 Å². The number of nitrogens with zero attached hydrogens (tertiary/aromatic N) is 3. The van der Waals surface area contributed by atoms with Crippen LogP contribution in [0.15, 0.2) is 42.0 Å². The molecule has 0 radical (unpaired) electrons. The predicted molar refractivity (Wildman–Crippen MR) is 95.0 cm³/mol. The Morgan fingerprint density at radius 1 is 1.23 bits per heavy atom. The van der Waals surface area contributed by atoms with E-state index in [2.05, 4.69) is 69.7 Å². The molecule has 22 heavy (non-hydrogen) atoms. The summed E-state index contributed by atoms with van der Waals surface area (Å²) < 4.78 is 0. The van der Waals surface area contributed by atoms with Gasteiger partial charge >= 0.3 is 0 Å². The average molecular weight is 312 g/mol. The molecule has 0 saturated heterocycles. The molecule has 0 aliphatic carbocycles. The summed E-state index contributed by atoms with van der Waals surface area (Å²) in [7, 11) is 0. The van der Waals surface area contributed by atoms with Gasteiger partial charge in [-0.2, -0.15) is 0 Å². The van der Waals surface area contributed by atoms with Gasteiger partial charge in [0.1, 0.15) is 17.0 Å². The van der Waals surface area contributed by atoms with Crippen molar-refractivity contribution in [3.63, 3.8) is 0 Å². The van der Waals surface area contributed by atoms with Crippen molar-refractivity contribution < 1.29 is 0 Å². The Labute approximate surface area is 134 Å². The van der Waals surface area contributed by atoms with Gasteiger partial charge in [0, 0.05) is 25.3 Å². The van der Waals surface area contributed by atoms with Crippen LogP contribution in [0.2, 0.25) is 0 Å². The Hall–Kier alpha value is -2.14. The van der Waals surface area contributed by atoms with Gasteiger partial charge in [0.05, 0.1) is 5.39 Å². The smallest absolute Gasteiger partial charge is 0.138 e. The summed E-state index contributed by atoms with van der Waals surface area (Å²) in [5, 5.41) is 6.59. The number of likely N-dealkylation sites (N-methyl/N-ethyl adjacent to an activating group) is 1. The molecule has 0 spiro atoms.